The van der Waals surface area contributed by atoms with E-state index in [0.29, 0.717) is 0 Å². The van der Waals surface area contributed by atoms with Crippen molar-refractivity contribution in [3.8, 4) is 5.69 Å². The van der Waals surface area contributed by atoms with Crippen molar-refractivity contribution in [3.63, 3.8) is 0 Å². The van der Waals surface area contributed by atoms with Crippen molar-refractivity contribution >= 4 is 16.7 Å². The van der Waals surface area contributed by atoms with E-state index in [-0.39, 0.29) is 0 Å². The lowest BCUT2D eigenvalue weighted by Gasteiger charge is -2.02. The summed E-state index contributed by atoms with van der Waals surface area (Å²) in [7, 11) is 0. The lowest BCUT2D eigenvalue weighted by molar-refractivity contribution is 0.868. The summed E-state index contributed by atoms with van der Waals surface area (Å²) in [4.78, 5) is 4.57. The Morgan fingerprint density at radius 1 is 1.05 bits per heavy atom. The highest BCUT2D eigenvalue weighted by atomic mass is 15.3. The molecule has 1 aromatic carbocycles. The van der Waals surface area contributed by atoms with Crippen molar-refractivity contribution in [2.45, 2.75) is 20.3 Å². The molecule has 0 bridgehead atoms. The Bertz CT molecular complexity index is 935. The molecule has 0 amide bonds. The van der Waals surface area contributed by atoms with Gasteiger partial charge in [-0.3, -0.25) is 4.40 Å². The van der Waals surface area contributed by atoms with Crippen LogP contribution in [0, 0.1) is 6.92 Å². The number of nitrogens with zero attached hydrogens (tertiary/aromatic N) is 6. The van der Waals surface area contributed by atoms with Gasteiger partial charge < -0.3 is 0 Å². The van der Waals surface area contributed by atoms with Gasteiger partial charge >= 0.3 is 0 Å². The third-order valence-electron chi connectivity index (χ3n) is 3.64. The Balaban J connectivity index is 2.09. The van der Waals surface area contributed by atoms with E-state index in [9.17, 15) is 0 Å². The van der Waals surface area contributed by atoms with E-state index in [1.54, 1.807) is 6.33 Å². The van der Waals surface area contributed by atoms with Crippen LogP contribution >= 0.6 is 0 Å². The molecule has 0 radical (unpaired) electrons. The second-order valence-corrected chi connectivity index (χ2v) is 4.94. The summed E-state index contributed by atoms with van der Waals surface area (Å²) in [5.41, 5.74) is 3.52. The molecule has 0 unspecified atom stereocenters. The number of aryl methyl sites for hydroxylation is 2. The van der Waals surface area contributed by atoms with Crippen LogP contribution in [0.1, 0.15) is 18.4 Å². The van der Waals surface area contributed by atoms with Crippen LogP contribution in [-0.4, -0.2) is 29.4 Å². The highest BCUT2D eigenvalue weighted by Crippen LogP contribution is 2.23. The van der Waals surface area contributed by atoms with Gasteiger partial charge in [-0.25, -0.2) is 9.67 Å². The van der Waals surface area contributed by atoms with Gasteiger partial charge in [0.1, 0.15) is 12.2 Å². The van der Waals surface area contributed by atoms with E-state index < -0.39 is 0 Å². The third-order valence-corrected chi connectivity index (χ3v) is 3.64. The summed E-state index contributed by atoms with van der Waals surface area (Å²) >= 11 is 0. The van der Waals surface area contributed by atoms with Crippen LogP contribution in [0.3, 0.4) is 0 Å². The molecule has 3 heterocycles. The van der Waals surface area contributed by atoms with Gasteiger partial charge in [-0.05, 0) is 19.1 Å². The molecule has 21 heavy (non-hydrogen) atoms. The van der Waals surface area contributed by atoms with Crippen molar-refractivity contribution in [1.29, 1.82) is 0 Å². The summed E-state index contributed by atoms with van der Waals surface area (Å²) in [6.45, 7) is 4.03. The topological polar surface area (TPSA) is 60.9 Å². The van der Waals surface area contributed by atoms with Crippen LogP contribution in [0.15, 0.2) is 36.7 Å². The van der Waals surface area contributed by atoms with E-state index in [2.05, 4.69) is 27.2 Å². The van der Waals surface area contributed by atoms with Crippen LogP contribution in [0.25, 0.3) is 22.4 Å². The maximum absolute atomic E-state index is 4.62. The van der Waals surface area contributed by atoms with Crippen LogP contribution in [0.4, 0.5) is 0 Å². The average Bonchev–Trinajstić information content (AvgIpc) is 3.09. The molecule has 0 aliphatic rings. The lowest BCUT2D eigenvalue weighted by Crippen LogP contribution is -1.99. The molecule has 4 aromatic rings. The standard InChI is InChI=1S/C15H14N6/c1-3-12-17-18-15-13-10(2)19-21(11-7-5-4-6-8-11)14(13)16-9-20(12)15/h4-9H,3H2,1-2H3. The molecule has 0 aliphatic carbocycles. The van der Waals surface area contributed by atoms with E-state index in [4.69, 9.17) is 0 Å². The van der Waals surface area contributed by atoms with Crippen LogP contribution in [0.5, 0.6) is 0 Å². The monoisotopic (exact) mass is 278 g/mol. The second-order valence-electron chi connectivity index (χ2n) is 4.94. The molecule has 3 aromatic heterocycles. The first-order valence-corrected chi connectivity index (χ1v) is 6.93. The van der Waals surface area contributed by atoms with Crippen molar-refractivity contribution in [2.75, 3.05) is 0 Å². The molecule has 104 valence electrons. The van der Waals surface area contributed by atoms with Crippen molar-refractivity contribution in [2.24, 2.45) is 0 Å². The Hall–Kier alpha value is -2.76. The molecule has 4 rings (SSSR count). The molecule has 0 spiro atoms. The Morgan fingerprint density at radius 3 is 2.62 bits per heavy atom. The predicted octanol–water partition coefficient (Wildman–Crippen LogP) is 2.33. The van der Waals surface area contributed by atoms with Crippen LogP contribution in [-0.2, 0) is 6.42 Å². The van der Waals surface area contributed by atoms with E-state index in [1.165, 1.54) is 0 Å². The Labute approximate surface area is 121 Å². The van der Waals surface area contributed by atoms with Crippen molar-refractivity contribution in [3.05, 3.63) is 48.2 Å². The molecule has 0 aliphatic heterocycles. The summed E-state index contributed by atoms with van der Waals surface area (Å²) in [6, 6.07) is 9.99. The first kappa shape index (κ1) is 12.0. The molecular weight excluding hydrogens is 264 g/mol. The number of benzene rings is 1. The van der Waals surface area contributed by atoms with Gasteiger partial charge in [0.25, 0.3) is 0 Å². The van der Waals surface area contributed by atoms with Gasteiger partial charge in [-0.1, -0.05) is 25.1 Å². The summed E-state index contributed by atoms with van der Waals surface area (Å²) in [5.74, 6) is 0.909. The van der Waals surface area contributed by atoms with Gasteiger partial charge in [-0.2, -0.15) is 5.10 Å². The molecule has 0 fully saturated rings. The number of aromatic nitrogens is 6. The predicted molar refractivity (Wildman–Crippen MR) is 79.5 cm³/mol. The molecule has 0 N–H and O–H groups in total. The van der Waals surface area contributed by atoms with Gasteiger partial charge in [0.2, 0.25) is 0 Å². The fourth-order valence-corrected chi connectivity index (χ4v) is 2.61. The minimum Gasteiger partial charge on any atom is -0.269 e. The zero-order chi connectivity index (χ0) is 14.4. The summed E-state index contributed by atoms with van der Waals surface area (Å²) in [6.07, 6.45) is 2.59. The second kappa shape index (κ2) is 4.37. The number of rotatable bonds is 2. The zero-order valence-corrected chi connectivity index (χ0v) is 11.9. The normalized spacial score (nSPS) is 11.5. The first-order chi connectivity index (χ1) is 10.3. The lowest BCUT2D eigenvalue weighted by atomic mass is 10.3. The molecule has 6 heteroatoms. The molecule has 0 saturated heterocycles. The van der Waals surface area contributed by atoms with Crippen LogP contribution < -0.4 is 0 Å². The zero-order valence-electron chi connectivity index (χ0n) is 11.9. The molecule has 6 nitrogen and oxygen atoms in total. The van der Waals surface area contributed by atoms with Gasteiger partial charge in [0.05, 0.1) is 16.8 Å². The average molecular weight is 278 g/mol. The minimum atomic E-state index is 0.807. The van der Waals surface area contributed by atoms with Gasteiger partial charge in [-0.15, -0.1) is 10.2 Å². The number of para-hydroxylation sites is 1. The Kier molecular flexibility index (Phi) is 2.50. The maximum Gasteiger partial charge on any atom is 0.175 e. The fourth-order valence-electron chi connectivity index (χ4n) is 2.61. The van der Waals surface area contributed by atoms with Gasteiger partial charge in [0, 0.05) is 6.42 Å². The number of fused-ring (bicyclic) bond motifs is 3. The quantitative estimate of drug-likeness (QED) is 0.564. The van der Waals surface area contributed by atoms with Crippen molar-refractivity contribution < 1.29 is 0 Å². The maximum atomic E-state index is 4.62. The number of hydrogen-bond donors (Lipinski definition) is 0. The van der Waals surface area contributed by atoms with E-state index in [0.717, 1.165) is 40.3 Å². The summed E-state index contributed by atoms with van der Waals surface area (Å²) < 4.78 is 3.79. The van der Waals surface area contributed by atoms with Crippen LogP contribution in [0.2, 0.25) is 0 Å². The number of hydrogen-bond acceptors (Lipinski definition) is 4. The van der Waals surface area contributed by atoms with E-state index in [1.807, 2.05) is 46.3 Å². The minimum absolute atomic E-state index is 0.807. The van der Waals surface area contributed by atoms with Crippen molar-refractivity contribution in [1.82, 2.24) is 29.4 Å². The highest BCUT2D eigenvalue weighted by molar-refractivity contribution is 5.92. The largest absolute Gasteiger partial charge is 0.269 e. The Morgan fingerprint density at radius 2 is 1.86 bits per heavy atom. The first-order valence-electron chi connectivity index (χ1n) is 6.93. The SMILES string of the molecule is CCc1nnc2c3c(C)nn(-c4ccccc4)c3ncn12. The smallest absolute Gasteiger partial charge is 0.175 e. The van der Waals surface area contributed by atoms with E-state index >= 15 is 0 Å². The highest BCUT2D eigenvalue weighted by Gasteiger charge is 2.16. The molecule has 0 atom stereocenters. The molecule has 0 saturated carbocycles. The fraction of sp³-hybridized carbons (Fsp3) is 0.200. The van der Waals surface area contributed by atoms with Gasteiger partial charge in [0.15, 0.2) is 11.3 Å². The molecular formula is C15H14N6. The summed E-state index contributed by atoms with van der Waals surface area (Å²) in [5, 5.41) is 14.1. The third kappa shape index (κ3) is 1.65.